The number of ether oxygens (including phenoxy) is 2. The number of rotatable bonds is 24. The molecule has 0 spiro atoms. The Labute approximate surface area is 370 Å². The smallest absolute Gasteiger partial charge is 0.872 e. The van der Waals surface area contributed by atoms with Crippen LogP contribution in [0.15, 0.2) is 94.7 Å². The van der Waals surface area contributed by atoms with Crippen molar-refractivity contribution in [2.75, 3.05) is 0 Å². The molecule has 57 heavy (non-hydrogen) atoms. The first-order valence-corrected chi connectivity index (χ1v) is 22.8. The summed E-state index contributed by atoms with van der Waals surface area (Å²) >= 11 is 0. The number of unbranched alkanes of at least 4 members (excludes halogenated alkanes) is 14. The Balaban J connectivity index is 0.000000387. The van der Waals surface area contributed by atoms with Gasteiger partial charge < -0.3 is 24.2 Å². The van der Waals surface area contributed by atoms with E-state index in [4.69, 9.17) is 14.0 Å². The van der Waals surface area contributed by atoms with E-state index in [2.05, 4.69) is 13.8 Å². The van der Waals surface area contributed by atoms with Crippen molar-refractivity contribution in [3.63, 3.8) is 0 Å². The van der Waals surface area contributed by atoms with Gasteiger partial charge in [-0.15, -0.1) is 5.75 Å². The SMILES string of the molecule is CCCCCCCCCCc1cc(O)ccc1Oc1ccc(S(=O)(=O)O)cc1.CCCCCCCCCCc1cc([O-])ccc1Oc1ccc(S(=O)(=O)[O-])cc1.[Ca+2]. The summed E-state index contributed by atoms with van der Waals surface area (Å²) in [6, 6.07) is 20.6. The molecule has 0 atom stereocenters. The average molecular weight is 851 g/mol. The van der Waals surface area contributed by atoms with Gasteiger partial charge in [-0.05, 0) is 110 Å². The quantitative estimate of drug-likeness (QED) is 0.0392. The van der Waals surface area contributed by atoms with Crippen molar-refractivity contribution < 1.29 is 45.6 Å². The molecule has 4 aromatic carbocycles. The molecule has 0 saturated carbocycles. The summed E-state index contributed by atoms with van der Waals surface area (Å²) in [5.74, 6) is 2.25. The maximum absolute atomic E-state index is 11.7. The molecule has 0 aliphatic rings. The van der Waals surface area contributed by atoms with Crippen molar-refractivity contribution in [2.45, 2.75) is 139 Å². The minimum Gasteiger partial charge on any atom is -0.872 e. The molecule has 308 valence electrons. The molecule has 0 bridgehead atoms. The zero-order valence-electron chi connectivity index (χ0n) is 33.5. The second-order valence-electron chi connectivity index (χ2n) is 14.1. The maximum Gasteiger partial charge on any atom is 2.00 e. The van der Waals surface area contributed by atoms with E-state index >= 15 is 0 Å². The normalized spacial score (nSPS) is 11.3. The Bertz CT molecular complexity index is 1810. The monoisotopic (exact) mass is 850 g/mol. The summed E-state index contributed by atoms with van der Waals surface area (Å²) in [6.07, 6.45) is 21.1. The van der Waals surface area contributed by atoms with E-state index in [0.29, 0.717) is 23.0 Å². The van der Waals surface area contributed by atoms with Crippen LogP contribution in [0.3, 0.4) is 0 Å². The molecule has 0 heterocycles. The van der Waals surface area contributed by atoms with Crippen molar-refractivity contribution >= 4 is 58.0 Å². The van der Waals surface area contributed by atoms with Crippen molar-refractivity contribution in [1.82, 2.24) is 0 Å². The Hall–Kier alpha value is -2.84. The van der Waals surface area contributed by atoms with E-state index in [1.54, 1.807) is 30.3 Å². The van der Waals surface area contributed by atoms with Crippen LogP contribution in [0.4, 0.5) is 0 Å². The van der Waals surface area contributed by atoms with Crippen molar-refractivity contribution in [3.8, 4) is 34.5 Å². The predicted molar refractivity (Wildman–Crippen MR) is 223 cm³/mol. The van der Waals surface area contributed by atoms with E-state index in [-0.39, 0.29) is 59.0 Å². The molecular formula is C44H58CaO10S2. The molecule has 0 saturated heterocycles. The summed E-state index contributed by atoms with van der Waals surface area (Å²) in [5, 5.41) is 21.5. The number of hydrogen-bond acceptors (Lipinski definition) is 9. The summed E-state index contributed by atoms with van der Waals surface area (Å²) in [4.78, 5) is -0.473. The van der Waals surface area contributed by atoms with Gasteiger partial charge in [0, 0.05) is 0 Å². The van der Waals surface area contributed by atoms with Gasteiger partial charge in [0.1, 0.15) is 38.9 Å². The predicted octanol–water partition coefficient (Wildman–Crippen LogP) is 10.9. The molecule has 10 nitrogen and oxygen atoms in total. The minimum atomic E-state index is -4.48. The molecule has 2 N–H and O–H groups in total. The molecule has 0 radical (unpaired) electrons. The Morgan fingerprint density at radius 3 is 1.33 bits per heavy atom. The summed E-state index contributed by atoms with van der Waals surface area (Å²) in [5.41, 5.74) is 1.77. The van der Waals surface area contributed by atoms with E-state index in [1.165, 1.54) is 132 Å². The summed E-state index contributed by atoms with van der Waals surface area (Å²) in [6.45, 7) is 4.43. The van der Waals surface area contributed by atoms with Crippen LogP contribution in [0, 0.1) is 0 Å². The second-order valence-corrected chi connectivity index (χ2v) is 16.9. The van der Waals surface area contributed by atoms with Gasteiger partial charge in [-0.25, -0.2) is 8.42 Å². The molecule has 0 aliphatic carbocycles. The van der Waals surface area contributed by atoms with Gasteiger partial charge in [-0.1, -0.05) is 116 Å². The van der Waals surface area contributed by atoms with Crippen molar-refractivity contribution in [3.05, 3.63) is 96.1 Å². The minimum absolute atomic E-state index is 0. The fraction of sp³-hybridized carbons (Fsp3) is 0.455. The summed E-state index contributed by atoms with van der Waals surface area (Å²) < 4.78 is 76.0. The van der Waals surface area contributed by atoms with Crippen LogP contribution in [0.2, 0.25) is 0 Å². The van der Waals surface area contributed by atoms with E-state index in [9.17, 15) is 31.6 Å². The van der Waals surface area contributed by atoms with Gasteiger partial charge in [0.05, 0.1) is 9.79 Å². The van der Waals surface area contributed by atoms with Crippen LogP contribution >= 0.6 is 0 Å². The zero-order valence-corrected chi connectivity index (χ0v) is 37.3. The first-order valence-electron chi connectivity index (χ1n) is 19.9. The van der Waals surface area contributed by atoms with Crippen LogP contribution in [-0.2, 0) is 33.1 Å². The maximum atomic E-state index is 11.7. The fourth-order valence-corrected chi connectivity index (χ4v) is 7.17. The molecule has 4 rings (SSSR count). The largest absolute Gasteiger partial charge is 2.00 e. The molecule has 0 fully saturated rings. The van der Waals surface area contributed by atoms with Gasteiger partial charge in [-0.3, -0.25) is 4.55 Å². The topological polar surface area (TPSA) is 173 Å². The van der Waals surface area contributed by atoms with Crippen molar-refractivity contribution in [1.29, 1.82) is 0 Å². The van der Waals surface area contributed by atoms with E-state index < -0.39 is 20.2 Å². The van der Waals surface area contributed by atoms with Gasteiger partial charge in [-0.2, -0.15) is 8.42 Å². The third-order valence-electron chi connectivity index (χ3n) is 9.36. The number of aryl methyl sites for hydroxylation is 2. The Kier molecular flexibility index (Phi) is 23.8. The van der Waals surface area contributed by atoms with Gasteiger partial charge >= 0.3 is 37.7 Å². The Morgan fingerprint density at radius 1 is 0.526 bits per heavy atom. The van der Waals surface area contributed by atoms with E-state index in [1.807, 2.05) is 0 Å². The van der Waals surface area contributed by atoms with Crippen LogP contribution in [-0.4, -0.2) is 68.8 Å². The van der Waals surface area contributed by atoms with Crippen LogP contribution in [0.5, 0.6) is 34.5 Å². The van der Waals surface area contributed by atoms with Crippen LogP contribution < -0.4 is 14.6 Å². The number of phenols is 1. The average Bonchev–Trinajstić information content (AvgIpc) is 3.16. The number of phenolic OH excluding ortho intramolecular Hbond substituents is 1. The zero-order chi connectivity index (χ0) is 40.8. The molecule has 4 aromatic rings. The van der Waals surface area contributed by atoms with Gasteiger partial charge in [0.2, 0.25) is 0 Å². The Morgan fingerprint density at radius 2 is 0.912 bits per heavy atom. The second kappa shape index (κ2) is 27.0. The first kappa shape index (κ1) is 50.3. The first-order chi connectivity index (χ1) is 26.8. The molecule has 13 heteroatoms. The fourth-order valence-electron chi connectivity index (χ4n) is 6.22. The number of hydrogen-bond donors (Lipinski definition) is 2. The summed E-state index contributed by atoms with van der Waals surface area (Å²) in [7, 11) is -8.70. The molecule has 0 aromatic heterocycles. The molecule has 0 aliphatic heterocycles. The standard InChI is InChI=1S/2C22H30O5S.Ca/c2*1-2-3-4-5-6-7-8-9-10-18-17-19(23)11-16-22(18)27-20-12-14-21(15-13-20)28(24,25)26;/h2*11-17,23H,2-10H2,1H3,(H,24,25,26);/q;;+2/p-2. The molecule has 0 amide bonds. The number of aromatic hydroxyl groups is 1. The van der Waals surface area contributed by atoms with Crippen LogP contribution in [0.25, 0.3) is 0 Å². The molecular weight excluding hydrogens is 793 g/mol. The number of benzene rings is 4. The third kappa shape index (κ3) is 20.1. The third-order valence-corrected chi connectivity index (χ3v) is 11.1. The van der Waals surface area contributed by atoms with Gasteiger partial charge in [0.25, 0.3) is 10.1 Å². The van der Waals surface area contributed by atoms with Crippen molar-refractivity contribution in [2.24, 2.45) is 0 Å². The van der Waals surface area contributed by atoms with Crippen LogP contribution in [0.1, 0.15) is 128 Å². The van der Waals surface area contributed by atoms with E-state index in [0.717, 1.165) is 49.7 Å². The molecule has 0 unspecified atom stereocenters. The van der Waals surface area contributed by atoms with Gasteiger partial charge in [0.15, 0.2) is 0 Å².